The van der Waals surface area contributed by atoms with Crippen molar-refractivity contribution in [3.05, 3.63) is 29.8 Å². The first-order valence-electron chi connectivity index (χ1n) is 15.9. The highest BCUT2D eigenvalue weighted by Crippen LogP contribution is 2.35. The number of esters is 7. The second-order valence-corrected chi connectivity index (χ2v) is 11.7. The lowest BCUT2D eigenvalue weighted by Crippen LogP contribution is -2.68. The van der Waals surface area contributed by atoms with Gasteiger partial charge in [0.05, 0.1) is 0 Å². The van der Waals surface area contributed by atoms with Gasteiger partial charge < -0.3 is 52.7 Å². The van der Waals surface area contributed by atoms with Crippen LogP contribution in [0.1, 0.15) is 54.0 Å². The number of carbonyl (C=O) groups excluding carboxylic acids is 7. The van der Waals surface area contributed by atoms with E-state index in [1.165, 1.54) is 0 Å². The highest BCUT2D eigenvalue weighted by Gasteiger charge is 2.57. The molecule has 0 bridgehead atoms. The summed E-state index contributed by atoms with van der Waals surface area (Å²) in [6.07, 6.45) is -14.9. The predicted molar refractivity (Wildman–Crippen MR) is 168 cm³/mol. The Balaban J connectivity index is 2.20. The van der Waals surface area contributed by atoms with Crippen molar-refractivity contribution in [3.8, 4) is 0 Å². The molecule has 0 amide bonds. The molecule has 18 heteroatoms. The minimum Gasteiger partial charge on any atom is -0.463 e. The lowest BCUT2D eigenvalue weighted by Gasteiger charge is -2.49. The van der Waals surface area contributed by atoms with Crippen molar-refractivity contribution in [2.45, 2.75) is 117 Å². The molecule has 2 fully saturated rings. The average molecular weight is 726 g/mol. The van der Waals surface area contributed by atoms with Crippen LogP contribution in [-0.4, -0.2) is 116 Å². The van der Waals surface area contributed by atoms with E-state index in [2.05, 4.69) is 5.32 Å². The first kappa shape index (κ1) is 40.6. The third-order valence-electron chi connectivity index (χ3n) is 7.29. The van der Waals surface area contributed by atoms with Crippen LogP contribution in [0, 0.1) is 6.92 Å². The zero-order chi connectivity index (χ0) is 38.0. The van der Waals surface area contributed by atoms with Gasteiger partial charge in [-0.05, 0) is 19.1 Å². The summed E-state index contributed by atoms with van der Waals surface area (Å²) < 4.78 is 56.8. The maximum absolute atomic E-state index is 12.6. The van der Waals surface area contributed by atoms with Gasteiger partial charge in [-0.15, -0.1) is 0 Å². The van der Waals surface area contributed by atoms with Crippen molar-refractivity contribution in [2.75, 3.05) is 18.5 Å². The van der Waals surface area contributed by atoms with Gasteiger partial charge in [0.25, 0.3) is 0 Å². The Bertz CT molecular complexity index is 1430. The van der Waals surface area contributed by atoms with Crippen LogP contribution in [0.5, 0.6) is 0 Å². The lowest BCUT2D eigenvalue weighted by atomic mass is 9.95. The molecule has 2 aliphatic heterocycles. The van der Waals surface area contributed by atoms with Crippen molar-refractivity contribution >= 4 is 47.5 Å². The van der Waals surface area contributed by atoms with E-state index in [4.69, 9.17) is 47.4 Å². The van der Waals surface area contributed by atoms with Crippen LogP contribution in [-0.2, 0) is 80.9 Å². The van der Waals surface area contributed by atoms with E-state index in [0.717, 1.165) is 54.0 Å². The molecule has 282 valence electrons. The number of anilines is 1. The topological polar surface area (TPSA) is 224 Å². The van der Waals surface area contributed by atoms with Crippen LogP contribution in [0.25, 0.3) is 0 Å². The molecule has 1 aromatic rings. The van der Waals surface area contributed by atoms with Crippen LogP contribution < -0.4 is 5.32 Å². The Morgan fingerprint density at radius 1 is 0.529 bits per heavy atom. The number of ether oxygens (including phenoxy) is 10. The molecule has 0 aliphatic carbocycles. The van der Waals surface area contributed by atoms with E-state index in [1.54, 1.807) is 24.3 Å². The Hall–Kier alpha value is -4.81. The van der Waals surface area contributed by atoms with Crippen molar-refractivity contribution in [1.82, 2.24) is 0 Å². The van der Waals surface area contributed by atoms with Crippen LogP contribution in [0.4, 0.5) is 5.69 Å². The first-order valence-corrected chi connectivity index (χ1v) is 15.9. The molecular formula is C33H43NO17. The third kappa shape index (κ3) is 12.2. The Labute approximate surface area is 293 Å². The van der Waals surface area contributed by atoms with Gasteiger partial charge in [0.2, 0.25) is 0 Å². The van der Waals surface area contributed by atoms with Crippen molar-refractivity contribution in [3.63, 3.8) is 0 Å². The zero-order valence-corrected chi connectivity index (χ0v) is 29.4. The summed E-state index contributed by atoms with van der Waals surface area (Å²) in [6.45, 7) is 8.53. The van der Waals surface area contributed by atoms with Gasteiger partial charge in [-0.3, -0.25) is 33.6 Å². The summed E-state index contributed by atoms with van der Waals surface area (Å²) in [4.78, 5) is 85.5. The minimum atomic E-state index is -1.75. The number of rotatable bonds is 13. The molecule has 3 rings (SSSR count). The monoisotopic (exact) mass is 725 g/mol. The highest BCUT2D eigenvalue weighted by molar-refractivity contribution is 5.69. The molecule has 0 spiro atoms. The molecule has 0 radical (unpaired) electrons. The average Bonchev–Trinajstić information content (AvgIpc) is 3.00. The SMILES string of the molecule is CC(=O)OC[C@H]1O[C@@H](O[C@H]2C(Nc3ccc(C)cc3)O[C@H](COC(C)=O)[C@@H](OC(C)=O)[C@@H]2OC(C)=O)[C@H](OC(C)=O)[C@@H](OC(C)=O)[C@@H]1OC(C)=O. The van der Waals surface area contributed by atoms with Crippen molar-refractivity contribution < 1.29 is 80.9 Å². The quantitative estimate of drug-likeness (QED) is 0.221. The third-order valence-corrected chi connectivity index (χ3v) is 7.29. The van der Waals surface area contributed by atoms with Crippen LogP contribution in [0.3, 0.4) is 0 Å². The summed E-state index contributed by atoms with van der Waals surface area (Å²) in [5.41, 5.74) is 1.41. The standard InChI is InChI=1S/C33H43NO17/c1-15-9-11-23(12-10-15)34-32-30(28(46-20(6)39)26(44-18(4)37)24(49-32)13-42-16(2)35)51-33-31(48-22(8)41)29(47-21(7)40)27(45-19(5)38)25(50-33)14-43-17(3)36/h9-12,24-34H,13-14H2,1-8H3/t24-,25-,26-,27-,28+,29+,30-,31-,32?,33+/m1/s1. The molecule has 51 heavy (non-hydrogen) atoms. The van der Waals surface area contributed by atoms with E-state index in [-0.39, 0.29) is 0 Å². The molecule has 1 aromatic carbocycles. The Kier molecular flexibility index (Phi) is 14.7. The molecule has 0 saturated carbocycles. The second kappa shape index (κ2) is 18.4. The number of nitrogens with one attached hydrogen (secondary N) is 1. The highest BCUT2D eigenvalue weighted by atomic mass is 16.8. The van der Waals surface area contributed by atoms with Gasteiger partial charge in [0, 0.05) is 54.2 Å². The maximum Gasteiger partial charge on any atom is 0.303 e. The van der Waals surface area contributed by atoms with Gasteiger partial charge in [-0.2, -0.15) is 0 Å². The van der Waals surface area contributed by atoms with Gasteiger partial charge in [-0.1, -0.05) is 17.7 Å². The molecule has 10 atom stereocenters. The number of hydrogen-bond donors (Lipinski definition) is 1. The number of hydrogen-bond acceptors (Lipinski definition) is 18. The minimum absolute atomic E-state index is 0.442. The second-order valence-electron chi connectivity index (χ2n) is 11.7. The van der Waals surface area contributed by atoms with E-state index in [0.29, 0.717) is 5.69 Å². The molecule has 1 N–H and O–H groups in total. The van der Waals surface area contributed by atoms with E-state index in [1.807, 2.05) is 6.92 Å². The number of aryl methyl sites for hydroxylation is 1. The van der Waals surface area contributed by atoms with Crippen molar-refractivity contribution in [1.29, 1.82) is 0 Å². The molecular weight excluding hydrogens is 682 g/mol. The fraction of sp³-hybridized carbons (Fsp3) is 0.606. The van der Waals surface area contributed by atoms with E-state index in [9.17, 15) is 33.6 Å². The Morgan fingerprint density at radius 2 is 0.922 bits per heavy atom. The zero-order valence-electron chi connectivity index (χ0n) is 29.4. The number of carbonyl (C=O) groups is 7. The summed E-state index contributed by atoms with van der Waals surface area (Å²) in [6, 6.07) is 7.01. The number of benzene rings is 1. The fourth-order valence-electron chi connectivity index (χ4n) is 5.44. The summed E-state index contributed by atoms with van der Waals surface area (Å²) in [5, 5.41) is 3.12. The molecule has 18 nitrogen and oxygen atoms in total. The molecule has 0 aromatic heterocycles. The molecule has 2 aliphatic rings. The van der Waals surface area contributed by atoms with Gasteiger partial charge in [-0.25, -0.2) is 0 Å². The van der Waals surface area contributed by atoms with Gasteiger partial charge >= 0.3 is 41.8 Å². The molecule has 2 saturated heterocycles. The summed E-state index contributed by atoms with van der Waals surface area (Å²) >= 11 is 0. The lowest BCUT2D eigenvalue weighted by molar-refractivity contribution is -0.342. The largest absolute Gasteiger partial charge is 0.463 e. The van der Waals surface area contributed by atoms with Crippen molar-refractivity contribution in [2.24, 2.45) is 0 Å². The maximum atomic E-state index is 12.6. The van der Waals surface area contributed by atoms with Crippen LogP contribution in [0.15, 0.2) is 24.3 Å². The first-order chi connectivity index (χ1) is 23.9. The summed E-state index contributed by atoms with van der Waals surface area (Å²) in [7, 11) is 0. The van der Waals surface area contributed by atoms with Gasteiger partial charge in [0.1, 0.15) is 31.5 Å². The molecule has 1 unspecified atom stereocenters. The normalized spacial score (nSPS) is 28.6. The van der Waals surface area contributed by atoms with Crippen LogP contribution >= 0.6 is 0 Å². The fourth-order valence-corrected chi connectivity index (χ4v) is 5.44. The van der Waals surface area contributed by atoms with E-state index < -0.39 is 116 Å². The smallest absolute Gasteiger partial charge is 0.303 e. The molecule has 2 heterocycles. The predicted octanol–water partition coefficient (Wildman–Crippen LogP) is 1.03. The van der Waals surface area contributed by atoms with Crippen LogP contribution in [0.2, 0.25) is 0 Å². The van der Waals surface area contributed by atoms with E-state index >= 15 is 0 Å². The Morgan fingerprint density at radius 3 is 1.35 bits per heavy atom. The summed E-state index contributed by atoms with van der Waals surface area (Å²) in [5.74, 6) is -5.66. The van der Waals surface area contributed by atoms with Gasteiger partial charge in [0.15, 0.2) is 43.0 Å².